The lowest BCUT2D eigenvalue weighted by atomic mass is 10.1. The Morgan fingerprint density at radius 3 is 2.94 bits per heavy atom. The molecule has 0 atom stereocenters. The molecular formula is C12H15N3O. The van der Waals surface area contributed by atoms with Crippen LogP contribution in [0.15, 0.2) is 30.6 Å². The third-order valence-electron chi connectivity index (χ3n) is 2.41. The number of aliphatic hydroxyl groups is 1. The van der Waals surface area contributed by atoms with Gasteiger partial charge in [0.25, 0.3) is 0 Å². The van der Waals surface area contributed by atoms with E-state index in [4.69, 9.17) is 5.11 Å². The van der Waals surface area contributed by atoms with E-state index >= 15 is 0 Å². The van der Waals surface area contributed by atoms with Crippen LogP contribution < -0.4 is 5.32 Å². The fourth-order valence-corrected chi connectivity index (χ4v) is 1.62. The average Bonchev–Trinajstić information content (AvgIpc) is 2.35. The highest BCUT2D eigenvalue weighted by Gasteiger charge is 2.01. The fraction of sp³-hybridized carbons (Fsp3) is 0.333. The van der Waals surface area contributed by atoms with Crippen molar-refractivity contribution in [2.45, 2.75) is 13.0 Å². The molecular weight excluding hydrogens is 202 g/mol. The number of para-hydroxylation sites is 1. The SMILES string of the molecule is OCCCNCc1cccc2nccnc12. The number of hydrogen-bond acceptors (Lipinski definition) is 4. The summed E-state index contributed by atoms with van der Waals surface area (Å²) in [4.78, 5) is 8.58. The van der Waals surface area contributed by atoms with E-state index in [9.17, 15) is 0 Å². The summed E-state index contributed by atoms with van der Waals surface area (Å²) in [7, 11) is 0. The lowest BCUT2D eigenvalue weighted by Crippen LogP contribution is -2.16. The van der Waals surface area contributed by atoms with Gasteiger partial charge in [0.15, 0.2) is 0 Å². The minimum Gasteiger partial charge on any atom is -0.396 e. The van der Waals surface area contributed by atoms with E-state index in [1.54, 1.807) is 12.4 Å². The molecule has 0 radical (unpaired) electrons. The summed E-state index contributed by atoms with van der Waals surface area (Å²) in [6.07, 6.45) is 4.18. The molecule has 0 bridgehead atoms. The Labute approximate surface area is 94.4 Å². The zero-order valence-electron chi connectivity index (χ0n) is 9.06. The average molecular weight is 217 g/mol. The molecule has 0 saturated carbocycles. The Bertz CT molecular complexity index is 453. The number of aromatic nitrogens is 2. The first-order valence-corrected chi connectivity index (χ1v) is 5.42. The third kappa shape index (κ3) is 2.53. The molecule has 1 aromatic heterocycles. The summed E-state index contributed by atoms with van der Waals surface area (Å²) in [5.41, 5.74) is 3.01. The quantitative estimate of drug-likeness (QED) is 0.736. The number of rotatable bonds is 5. The molecule has 0 aliphatic rings. The van der Waals surface area contributed by atoms with Crippen LogP contribution in [0.3, 0.4) is 0 Å². The van der Waals surface area contributed by atoms with Gasteiger partial charge in [-0.2, -0.15) is 0 Å². The van der Waals surface area contributed by atoms with Crippen molar-refractivity contribution < 1.29 is 5.11 Å². The molecule has 0 aliphatic carbocycles. The van der Waals surface area contributed by atoms with Crippen LogP contribution in [0.4, 0.5) is 0 Å². The van der Waals surface area contributed by atoms with Gasteiger partial charge < -0.3 is 10.4 Å². The second-order valence-electron chi connectivity index (χ2n) is 3.60. The number of hydrogen-bond donors (Lipinski definition) is 2. The van der Waals surface area contributed by atoms with Gasteiger partial charge in [-0.05, 0) is 24.6 Å². The Morgan fingerprint density at radius 2 is 2.06 bits per heavy atom. The van der Waals surface area contributed by atoms with Gasteiger partial charge in [-0.15, -0.1) is 0 Å². The molecule has 0 unspecified atom stereocenters. The molecule has 0 fully saturated rings. The van der Waals surface area contributed by atoms with E-state index in [0.29, 0.717) is 0 Å². The first kappa shape index (κ1) is 11.0. The van der Waals surface area contributed by atoms with E-state index < -0.39 is 0 Å². The van der Waals surface area contributed by atoms with Crippen LogP contribution in [0.25, 0.3) is 11.0 Å². The lowest BCUT2D eigenvalue weighted by Gasteiger charge is -2.06. The van der Waals surface area contributed by atoms with Gasteiger partial charge in [0.2, 0.25) is 0 Å². The van der Waals surface area contributed by atoms with Crippen LogP contribution >= 0.6 is 0 Å². The summed E-state index contributed by atoms with van der Waals surface area (Å²) in [5, 5.41) is 11.9. The van der Waals surface area contributed by atoms with E-state index in [1.165, 1.54) is 0 Å². The van der Waals surface area contributed by atoms with Crippen molar-refractivity contribution in [1.82, 2.24) is 15.3 Å². The van der Waals surface area contributed by atoms with Gasteiger partial charge in [0.1, 0.15) is 0 Å². The van der Waals surface area contributed by atoms with Crippen LogP contribution in [-0.2, 0) is 6.54 Å². The summed E-state index contributed by atoms with van der Waals surface area (Å²) in [6, 6.07) is 5.99. The number of nitrogens with zero attached hydrogens (tertiary/aromatic N) is 2. The maximum atomic E-state index is 8.67. The molecule has 1 aromatic carbocycles. The van der Waals surface area contributed by atoms with Gasteiger partial charge in [0, 0.05) is 25.5 Å². The van der Waals surface area contributed by atoms with Crippen molar-refractivity contribution in [3.05, 3.63) is 36.2 Å². The Hall–Kier alpha value is -1.52. The van der Waals surface area contributed by atoms with E-state index in [-0.39, 0.29) is 6.61 Å². The van der Waals surface area contributed by atoms with E-state index in [0.717, 1.165) is 36.1 Å². The van der Waals surface area contributed by atoms with Gasteiger partial charge in [-0.3, -0.25) is 9.97 Å². The second kappa shape index (κ2) is 5.53. The number of aliphatic hydroxyl groups excluding tert-OH is 1. The fourth-order valence-electron chi connectivity index (χ4n) is 1.62. The minimum absolute atomic E-state index is 0.225. The van der Waals surface area contributed by atoms with Crippen molar-refractivity contribution in [3.63, 3.8) is 0 Å². The molecule has 0 spiro atoms. The molecule has 2 rings (SSSR count). The van der Waals surface area contributed by atoms with Crippen LogP contribution in [0, 0.1) is 0 Å². The molecule has 0 saturated heterocycles. The second-order valence-corrected chi connectivity index (χ2v) is 3.60. The van der Waals surface area contributed by atoms with E-state index in [2.05, 4.69) is 15.3 Å². The third-order valence-corrected chi connectivity index (χ3v) is 2.41. The van der Waals surface area contributed by atoms with Crippen molar-refractivity contribution in [2.75, 3.05) is 13.2 Å². The van der Waals surface area contributed by atoms with Gasteiger partial charge >= 0.3 is 0 Å². The van der Waals surface area contributed by atoms with Crippen molar-refractivity contribution >= 4 is 11.0 Å². The van der Waals surface area contributed by atoms with Crippen molar-refractivity contribution in [1.29, 1.82) is 0 Å². The van der Waals surface area contributed by atoms with Crippen molar-refractivity contribution in [2.24, 2.45) is 0 Å². The number of fused-ring (bicyclic) bond motifs is 1. The minimum atomic E-state index is 0.225. The molecule has 0 aliphatic heterocycles. The van der Waals surface area contributed by atoms with Crippen LogP contribution in [0.2, 0.25) is 0 Å². The molecule has 16 heavy (non-hydrogen) atoms. The topological polar surface area (TPSA) is 58.0 Å². The van der Waals surface area contributed by atoms with Gasteiger partial charge in [-0.25, -0.2) is 0 Å². The summed E-state index contributed by atoms with van der Waals surface area (Å²) >= 11 is 0. The summed E-state index contributed by atoms with van der Waals surface area (Å²) < 4.78 is 0. The maximum Gasteiger partial charge on any atom is 0.0931 e. The predicted molar refractivity (Wildman–Crippen MR) is 62.9 cm³/mol. The van der Waals surface area contributed by atoms with E-state index in [1.807, 2.05) is 18.2 Å². The largest absolute Gasteiger partial charge is 0.396 e. The molecule has 2 aromatic rings. The summed E-state index contributed by atoms with van der Waals surface area (Å²) in [5.74, 6) is 0. The smallest absolute Gasteiger partial charge is 0.0931 e. The van der Waals surface area contributed by atoms with Crippen LogP contribution in [0.1, 0.15) is 12.0 Å². The predicted octanol–water partition coefficient (Wildman–Crippen LogP) is 1.10. The van der Waals surface area contributed by atoms with Gasteiger partial charge in [0.05, 0.1) is 11.0 Å². The first-order valence-electron chi connectivity index (χ1n) is 5.42. The van der Waals surface area contributed by atoms with Crippen LogP contribution in [0.5, 0.6) is 0 Å². The molecule has 84 valence electrons. The standard InChI is InChI=1S/C12H15N3O/c16-8-2-5-13-9-10-3-1-4-11-12(10)15-7-6-14-11/h1,3-4,6-7,13,16H,2,5,8-9H2. The van der Waals surface area contributed by atoms with Gasteiger partial charge in [-0.1, -0.05) is 12.1 Å². The first-order chi connectivity index (χ1) is 7.92. The molecule has 1 heterocycles. The number of benzene rings is 1. The monoisotopic (exact) mass is 217 g/mol. The Morgan fingerprint density at radius 1 is 1.19 bits per heavy atom. The molecule has 2 N–H and O–H groups in total. The Kier molecular flexibility index (Phi) is 3.80. The zero-order valence-corrected chi connectivity index (χ0v) is 9.06. The molecule has 0 amide bonds. The molecule has 4 nitrogen and oxygen atoms in total. The number of nitrogens with one attached hydrogen (secondary N) is 1. The lowest BCUT2D eigenvalue weighted by molar-refractivity contribution is 0.286. The normalized spacial score (nSPS) is 10.8. The Balaban J connectivity index is 2.11. The van der Waals surface area contributed by atoms with Crippen molar-refractivity contribution in [3.8, 4) is 0 Å². The van der Waals surface area contributed by atoms with Crippen LogP contribution in [-0.4, -0.2) is 28.2 Å². The highest BCUT2D eigenvalue weighted by atomic mass is 16.3. The zero-order chi connectivity index (χ0) is 11.2. The maximum absolute atomic E-state index is 8.67. The highest BCUT2D eigenvalue weighted by Crippen LogP contribution is 2.13. The molecule has 4 heteroatoms. The summed E-state index contributed by atoms with van der Waals surface area (Å²) in [6.45, 7) is 1.80. The highest BCUT2D eigenvalue weighted by molar-refractivity contribution is 5.77.